The topological polar surface area (TPSA) is 63.7 Å². The lowest BCUT2D eigenvalue weighted by Gasteiger charge is -2.38. The van der Waals surface area contributed by atoms with Crippen molar-refractivity contribution in [1.29, 1.82) is 0 Å². The molecule has 0 saturated heterocycles. The number of fused-ring (bicyclic) bond motifs is 2. The molecule has 128 valence electrons. The van der Waals surface area contributed by atoms with E-state index in [0.29, 0.717) is 17.1 Å². The number of amides is 1. The third kappa shape index (κ3) is 2.27. The van der Waals surface area contributed by atoms with Crippen LogP contribution in [0.1, 0.15) is 22.1 Å². The second-order valence-electron chi connectivity index (χ2n) is 6.09. The average molecular weight is 345 g/mol. The van der Waals surface area contributed by atoms with Crippen LogP contribution in [0.2, 0.25) is 0 Å². The number of nitrogens with zero attached hydrogens (tertiary/aromatic N) is 2. The molecule has 0 fully saturated rings. The fourth-order valence-electron chi connectivity index (χ4n) is 3.33. The minimum Gasteiger partial charge on any atom is -0.454 e. The number of carbonyl (C=O) groups is 1. The Hall–Kier alpha value is -3.54. The number of carbonyl (C=O) groups excluding carboxylic acids is 1. The summed E-state index contributed by atoms with van der Waals surface area (Å²) in [6, 6.07) is 16.8. The Morgan fingerprint density at radius 2 is 1.92 bits per heavy atom. The molecular weight excluding hydrogens is 330 g/mol. The van der Waals surface area contributed by atoms with Crippen molar-refractivity contribution in [2.24, 2.45) is 0 Å². The molecule has 26 heavy (non-hydrogen) atoms. The molecule has 6 nitrogen and oxygen atoms in total. The highest BCUT2D eigenvalue weighted by molar-refractivity contribution is 6.12. The van der Waals surface area contributed by atoms with E-state index in [4.69, 9.17) is 9.47 Å². The summed E-state index contributed by atoms with van der Waals surface area (Å²) in [4.78, 5) is 19.2. The molecular formula is C20H15N3O3. The Balaban J connectivity index is 1.65. The summed E-state index contributed by atoms with van der Waals surface area (Å²) in [6.07, 6.45) is 3.11. The lowest BCUT2D eigenvalue weighted by molar-refractivity contribution is 0.0975. The SMILES string of the molecule is O=C1c2ccccc2N[C@@H](c2cccnc2)N1c1ccc2c(c1)OCO2. The average Bonchev–Trinajstić information content (AvgIpc) is 3.16. The highest BCUT2D eigenvalue weighted by atomic mass is 16.7. The number of hydrogen-bond donors (Lipinski definition) is 1. The summed E-state index contributed by atoms with van der Waals surface area (Å²) >= 11 is 0. The second-order valence-corrected chi connectivity index (χ2v) is 6.09. The number of benzene rings is 2. The Kier molecular flexibility index (Phi) is 3.28. The standard InChI is InChI=1S/C20H15N3O3/c24-20-15-5-1-2-6-16(15)22-19(13-4-3-9-21-11-13)23(20)14-7-8-17-18(10-14)26-12-25-17/h1-11,19,22H,12H2/t19-/m1/s1. The van der Waals surface area contributed by atoms with E-state index in [1.54, 1.807) is 17.3 Å². The van der Waals surface area contributed by atoms with E-state index in [1.807, 2.05) is 54.6 Å². The van der Waals surface area contributed by atoms with Gasteiger partial charge in [0.1, 0.15) is 6.17 Å². The number of hydrogen-bond acceptors (Lipinski definition) is 5. The molecule has 3 heterocycles. The lowest BCUT2D eigenvalue weighted by Crippen LogP contribution is -2.43. The van der Waals surface area contributed by atoms with Crippen LogP contribution in [0.3, 0.4) is 0 Å². The van der Waals surface area contributed by atoms with Crippen molar-refractivity contribution in [3.63, 3.8) is 0 Å². The normalized spacial score (nSPS) is 17.6. The van der Waals surface area contributed by atoms with Crippen molar-refractivity contribution in [3.05, 3.63) is 78.1 Å². The monoisotopic (exact) mass is 345 g/mol. The summed E-state index contributed by atoms with van der Waals surface area (Å²) in [5.41, 5.74) is 3.07. The molecule has 1 aromatic heterocycles. The van der Waals surface area contributed by atoms with E-state index in [0.717, 1.165) is 16.9 Å². The van der Waals surface area contributed by atoms with Gasteiger partial charge in [-0.3, -0.25) is 14.7 Å². The van der Waals surface area contributed by atoms with Crippen LogP contribution in [0.4, 0.5) is 11.4 Å². The van der Waals surface area contributed by atoms with Gasteiger partial charge in [0.25, 0.3) is 5.91 Å². The fourth-order valence-corrected chi connectivity index (χ4v) is 3.33. The Morgan fingerprint density at radius 3 is 2.81 bits per heavy atom. The van der Waals surface area contributed by atoms with Gasteiger partial charge in [-0.25, -0.2) is 0 Å². The van der Waals surface area contributed by atoms with Crippen molar-refractivity contribution in [2.45, 2.75) is 6.17 Å². The molecule has 2 aliphatic rings. The van der Waals surface area contributed by atoms with Gasteiger partial charge in [0, 0.05) is 29.7 Å². The molecule has 3 aromatic rings. The number of nitrogens with one attached hydrogen (secondary N) is 1. The third-order valence-corrected chi connectivity index (χ3v) is 4.56. The van der Waals surface area contributed by atoms with Crippen molar-refractivity contribution < 1.29 is 14.3 Å². The summed E-state index contributed by atoms with van der Waals surface area (Å²) in [5, 5.41) is 3.45. The molecule has 1 atom stereocenters. The molecule has 0 bridgehead atoms. The van der Waals surface area contributed by atoms with Gasteiger partial charge in [-0.2, -0.15) is 0 Å². The highest BCUT2D eigenvalue weighted by Crippen LogP contribution is 2.41. The summed E-state index contributed by atoms with van der Waals surface area (Å²) in [7, 11) is 0. The van der Waals surface area contributed by atoms with Crippen LogP contribution in [-0.4, -0.2) is 17.7 Å². The third-order valence-electron chi connectivity index (χ3n) is 4.56. The van der Waals surface area contributed by atoms with Crippen molar-refractivity contribution in [3.8, 4) is 11.5 Å². The van der Waals surface area contributed by atoms with Crippen LogP contribution in [0.25, 0.3) is 0 Å². The predicted molar refractivity (Wildman–Crippen MR) is 96.4 cm³/mol. The Bertz CT molecular complexity index is 991. The number of aromatic nitrogens is 1. The zero-order valence-electron chi connectivity index (χ0n) is 13.8. The molecule has 2 aliphatic heterocycles. The van der Waals surface area contributed by atoms with Crippen LogP contribution in [0, 0.1) is 0 Å². The van der Waals surface area contributed by atoms with Gasteiger partial charge in [-0.1, -0.05) is 18.2 Å². The van der Waals surface area contributed by atoms with Crippen LogP contribution in [-0.2, 0) is 0 Å². The smallest absolute Gasteiger partial charge is 0.262 e. The Morgan fingerprint density at radius 1 is 1.04 bits per heavy atom. The molecule has 6 heteroatoms. The largest absolute Gasteiger partial charge is 0.454 e. The zero-order valence-corrected chi connectivity index (χ0v) is 13.8. The van der Waals surface area contributed by atoms with Crippen molar-refractivity contribution in [2.75, 3.05) is 17.0 Å². The van der Waals surface area contributed by atoms with E-state index in [1.165, 1.54) is 0 Å². The molecule has 0 aliphatic carbocycles. The first-order valence-corrected chi connectivity index (χ1v) is 8.30. The van der Waals surface area contributed by atoms with E-state index in [9.17, 15) is 4.79 Å². The molecule has 0 spiro atoms. The minimum absolute atomic E-state index is 0.0768. The maximum atomic E-state index is 13.3. The van der Waals surface area contributed by atoms with E-state index >= 15 is 0 Å². The first kappa shape index (κ1) is 14.8. The molecule has 1 amide bonds. The van der Waals surface area contributed by atoms with Gasteiger partial charge in [-0.05, 0) is 30.3 Å². The van der Waals surface area contributed by atoms with E-state index in [-0.39, 0.29) is 18.9 Å². The molecule has 0 radical (unpaired) electrons. The number of rotatable bonds is 2. The highest BCUT2D eigenvalue weighted by Gasteiger charge is 2.34. The van der Waals surface area contributed by atoms with Gasteiger partial charge in [0.05, 0.1) is 11.3 Å². The van der Waals surface area contributed by atoms with Crippen LogP contribution in [0.5, 0.6) is 11.5 Å². The quantitative estimate of drug-likeness (QED) is 0.769. The van der Waals surface area contributed by atoms with Gasteiger partial charge >= 0.3 is 0 Å². The molecule has 2 aromatic carbocycles. The lowest BCUT2D eigenvalue weighted by atomic mass is 10.0. The summed E-state index contributed by atoms with van der Waals surface area (Å²) < 4.78 is 10.9. The van der Waals surface area contributed by atoms with E-state index in [2.05, 4.69) is 10.3 Å². The maximum Gasteiger partial charge on any atom is 0.262 e. The molecule has 1 N–H and O–H groups in total. The first-order valence-electron chi connectivity index (χ1n) is 8.30. The van der Waals surface area contributed by atoms with Gasteiger partial charge < -0.3 is 14.8 Å². The fraction of sp³-hybridized carbons (Fsp3) is 0.100. The van der Waals surface area contributed by atoms with Crippen LogP contribution in [0.15, 0.2) is 67.0 Å². The van der Waals surface area contributed by atoms with Crippen molar-refractivity contribution >= 4 is 17.3 Å². The number of anilines is 2. The number of ether oxygens (including phenoxy) is 2. The maximum absolute atomic E-state index is 13.3. The Labute approximate surface area is 150 Å². The number of para-hydroxylation sites is 1. The predicted octanol–water partition coefficient (Wildman–Crippen LogP) is 3.58. The van der Waals surface area contributed by atoms with Crippen LogP contribution < -0.4 is 19.7 Å². The van der Waals surface area contributed by atoms with Crippen molar-refractivity contribution in [1.82, 2.24) is 4.98 Å². The number of pyridine rings is 1. The molecule has 5 rings (SSSR count). The van der Waals surface area contributed by atoms with Crippen LogP contribution >= 0.6 is 0 Å². The molecule has 0 saturated carbocycles. The van der Waals surface area contributed by atoms with Gasteiger partial charge in [0.15, 0.2) is 11.5 Å². The van der Waals surface area contributed by atoms with Gasteiger partial charge in [0.2, 0.25) is 6.79 Å². The molecule has 0 unspecified atom stereocenters. The summed E-state index contributed by atoms with van der Waals surface area (Å²) in [5.74, 6) is 1.25. The second kappa shape index (κ2) is 5.77. The first-order chi connectivity index (χ1) is 12.8. The zero-order chi connectivity index (χ0) is 17.5. The van der Waals surface area contributed by atoms with E-state index < -0.39 is 0 Å². The van der Waals surface area contributed by atoms with Gasteiger partial charge in [-0.15, -0.1) is 0 Å². The minimum atomic E-state index is -0.369. The summed E-state index contributed by atoms with van der Waals surface area (Å²) in [6.45, 7) is 0.194.